The molecule has 0 unspecified atom stereocenters. The minimum Gasteiger partial charge on any atom is -0.495 e. The molecule has 0 atom stereocenters. The minimum absolute atomic E-state index is 0.280. The fourth-order valence-electron chi connectivity index (χ4n) is 2.80. The van der Waals surface area contributed by atoms with Crippen molar-refractivity contribution < 1.29 is 23.9 Å². The number of imide groups is 1. The summed E-state index contributed by atoms with van der Waals surface area (Å²) in [5, 5.41) is 5.09. The Hall–Kier alpha value is -3.68. The fraction of sp³-hybridized carbons (Fsp3) is 0.158. The molecule has 0 bridgehead atoms. The summed E-state index contributed by atoms with van der Waals surface area (Å²) in [6, 6.07) is 10.9. The highest BCUT2D eigenvalue weighted by molar-refractivity contribution is 6.22. The van der Waals surface area contributed by atoms with Crippen molar-refractivity contribution in [2.45, 2.75) is 0 Å². The monoisotopic (exact) mass is 367 g/mol. The third-order valence-corrected chi connectivity index (χ3v) is 4.14. The van der Waals surface area contributed by atoms with Gasteiger partial charge < -0.3 is 15.4 Å². The summed E-state index contributed by atoms with van der Waals surface area (Å²) in [7, 11) is 2.91. The van der Waals surface area contributed by atoms with Gasteiger partial charge in [0.2, 0.25) is 5.91 Å². The molecule has 138 valence electrons. The first-order valence-corrected chi connectivity index (χ1v) is 8.11. The van der Waals surface area contributed by atoms with Crippen LogP contribution in [0.15, 0.2) is 42.5 Å². The molecule has 3 rings (SSSR count). The van der Waals surface area contributed by atoms with Gasteiger partial charge >= 0.3 is 0 Å². The van der Waals surface area contributed by atoms with Crippen LogP contribution in [0.1, 0.15) is 31.1 Å². The van der Waals surface area contributed by atoms with Crippen LogP contribution in [0.5, 0.6) is 5.75 Å². The van der Waals surface area contributed by atoms with E-state index in [9.17, 15) is 19.2 Å². The van der Waals surface area contributed by atoms with Gasteiger partial charge in [-0.05, 0) is 30.3 Å². The number of methoxy groups -OCH3 is 1. The number of amides is 4. The molecular formula is C19H17N3O5. The van der Waals surface area contributed by atoms with Crippen molar-refractivity contribution in [1.82, 2.24) is 10.2 Å². The predicted octanol–water partition coefficient (Wildman–Crippen LogP) is 1.29. The number of carbonyl (C=O) groups is 4. The van der Waals surface area contributed by atoms with Crippen molar-refractivity contribution in [3.63, 3.8) is 0 Å². The lowest BCUT2D eigenvalue weighted by atomic mass is 10.1. The Morgan fingerprint density at radius 2 is 1.67 bits per heavy atom. The van der Waals surface area contributed by atoms with Crippen LogP contribution in [-0.2, 0) is 4.79 Å². The summed E-state index contributed by atoms with van der Waals surface area (Å²) in [6.07, 6.45) is 0. The van der Waals surface area contributed by atoms with E-state index in [4.69, 9.17) is 4.74 Å². The highest BCUT2D eigenvalue weighted by atomic mass is 16.5. The number of anilines is 1. The van der Waals surface area contributed by atoms with Gasteiger partial charge in [-0.1, -0.05) is 12.1 Å². The Labute approximate surface area is 155 Å². The molecular weight excluding hydrogens is 350 g/mol. The van der Waals surface area contributed by atoms with E-state index in [2.05, 4.69) is 10.6 Å². The molecule has 4 amide bonds. The number of fused-ring (bicyclic) bond motifs is 1. The largest absolute Gasteiger partial charge is 0.495 e. The van der Waals surface area contributed by atoms with Crippen LogP contribution in [-0.4, -0.2) is 49.2 Å². The SMILES string of the molecule is CNC(=O)c1ccc(NC(=O)CN2C(=O)c3ccccc3C2=O)c(OC)c1. The average molecular weight is 367 g/mol. The maximum Gasteiger partial charge on any atom is 0.262 e. The number of ether oxygens (including phenoxy) is 1. The standard InChI is InChI=1S/C19H17N3O5/c1-20-17(24)11-7-8-14(15(9-11)27-2)21-16(23)10-22-18(25)12-5-3-4-6-13(12)19(22)26/h3-9H,10H2,1-2H3,(H,20,24)(H,21,23). The van der Waals surface area contributed by atoms with Crippen molar-refractivity contribution in [3.05, 3.63) is 59.2 Å². The Balaban J connectivity index is 1.74. The number of hydrogen-bond acceptors (Lipinski definition) is 5. The van der Waals surface area contributed by atoms with Crippen LogP contribution in [0, 0.1) is 0 Å². The summed E-state index contributed by atoms with van der Waals surface area (Å²) in [4.78, 5) is 49.6. The molecule has 1 aliphatic rings. The van der Waals surface area contributed by atoms with E-state index in [1.807, 2.05) is 0 Å². The van der Waals surface area contributed by atoms with Crippen LogP contribution in [0.25, 0.3) is 0 Å². The highest BCUT2D eigenvalue weighted by Gasteiger charge is 2.36. The molecule has 0 aromatic heterocycles. The zero-order chi connectivity index (χ0) is 19.6. The van der Waals surface area contributed by atoms with E-state index < -0.39 is 24.3 Å². The van der Waals surface area contributed by atoms with Gasteiger partial charge in [-0.15, -0.1) is 0 Å². The van der Waals surface area contributed by atoms with Gasteiger partial charge in [0, 0.05) is 12.6 Å². The zero-order valence-corrected chi connectivity index (χ0v) is 14.7. The molecule has 8 heteroatoms. The maximum absolute atomic E-state index is 12.4. The van der Waals surface area contributed by atoms with E-state index in [1.54, 1.807) is 24.3 Å². The zero-order valence-electron chi connectivity index (χ0n) is 14.7. The second-order valence-electron chi connectivity index (χ2n) is 5.78. The summed E-state index contributed by atoms with van der Waals surface area (Å²) in [5.41, 5.74) is 1.25. The van der Waals surface area contributed by atoms with E-state index >= 15 is 0 Å². The van der Waals surface area contributed by atoms with Crippen LogP contribution in [0.3, 0.4) is 0 Å². The lowest BCUT2D eigenvalue weighted by Crippen LogP contribution is -2.37. The van der Waals surface area contributed by atoms with E-state index in [-0.39, 0.29) is 22.8 Å². The van der Waals surface area contributed by atoms with E-state index in [0.717, 1.165) is 4.90 Å². The second-order valence-corrected chi connectivity index (χ2v) is 5.78. The minimum atomic E-state index is -0.560. The van der Waals surface area contributed by atoms with Crippen LogP contribution >= 0.6 is 0 Å². The molecule has 0 fully saturated rings. The van der Waals surface area contributed by atoms with E-state index in [1.165, 1.54) is 32.4 Å². The first-order chi connectivity index (χ1) is 13.0. The van der Waals surface area contributed by atoms with Crippen molar-refractivity contribution >= 4 is 29.3 Å². The Morgan fingerprint density at radius 1 is 1.04 bits per heavy atom. The summed E-state index contributed by atoms with van der Waals surface area (Å²) < 4.78 is 5.20. The molecule has 0 spiro atoms. The van der Waals surface area contributed by atoms with Gasteiger partial charge in [0.15, 0.2) is 0 Å². The molecule has 1 heterocycles. The topological polar surface area (TPSA) is 105 Å². The highest BCUT2D eigenvalue weighted by Crippen LogP contribution is 2.26. The smallest absolute Gasteiger partial charge is 0.262 e. The molecule has 0 saturated heterocycles. The lowest BCUT2D eigenvalue weighted by molar-refractivity contribution is -0.116. The second kappa shape index (κ2) is 7.28. The van der Waals surface area contributed by atoms with E-state index in [0.29, 0.717) is 11.3 Å². The van der Waals surface area contributed by atoms with Gasteiger partial charge in [0.25, 0.3) is 17.7 Å². The molecule has 2 N–H and O–H groups in total. The third-order valence-electron chi connectivity index (χ3n) is 4.14. The Bertz CT molecular complexity index is 919. The van der Waals surface area contributed by atoms with Crippen LogP contribution in [0.4, 0.5) is 5.69 Å². The molecule has 8 nitrogen and oxygen atoms in total. The molecule has 1 aliphatic heterocycles. The van der Waals surface area contributed by atoms with Crippen molar-refractivity contribution in [1.29, 1.82) is 0 Å². The number of benzene rings is 2. The van der Waals surface area contributed by atoms with Crippen LogP contribution < -0.4 is 15.4 Å². The molecule has 2 aromatic carbocycles. The summed E-state index contributed by atoms with van der Waals surface area (Å²) in [6.45, 7) is -0.424. The third kappa shape index (κ3) is 3.37. The number of nitrogens with one attached hydrogen (secondary N) is 2. The first-order valence-electron chi connectivity index (χ1n) is 8.11. The van der Waals surface area contributed by atoms with Gasteiger partial charge in [-0.25, -0.2) is 0 Å². The summed E-state index contributed by atoms with van der Waals surface area (Å²) in [5.74, 6) is -1.58. The lowest BCUT2D eigenvalue weighted by Gasteiger charge is -2.15. The quantitative estimate of drug-likeness (QED) is 0.775. The molecule has 27 heavy (non-hydrogen) atoms. The first kappa shape index (κ1) is 18.1. The van der Waals surface area contributed by atoms with Gasteiger partial charge in [0.05, 0.1) is 23.9 Å². The maximum atomic E-state index is 12.4. The summed E-state index contributed by atoms with van der Waals surface area (Å²) >= 11 is 0. The van der Waals surface area contributed by atoms with Gasteiger partial charge in [-0.3, -0.25) is 24.1 Å². The number of nitrogens with zero attached hydrogens (tertiary/aromatic N) is 1. The Morgan fingerprint density at radius 3 is 2.22 bits per heavy atom. The van der Waals surface area contributed by atoms with Crippen LogP contribution in [0.2, 0.25) is 0 Å². The Kier molecular flexibility index (Phi) is 4.89. The number of rotatable bonds is 5. The normalized spacial score (nSPS) is 12.6. The van der Waals surface area contributed by atoms with Gasteiger partial charge in [0.1, 0.15) is 12.3 Å². The molecule has 2 aromatic rings. The number of hydrogen-bond donors (Lipinski definition) is 2. The number of carbonyl (C=O) groups excluding carboxylic acids is 4. The predicted molar refractivity (Wildman–Crippen MR) is 96.8 cm³/mol. The molecule has 0 saturated carbocycles. The fourth-order valence-corrected chi connectivity index (χ4v) is 2.80. The van der Waals surface area contributed by atoms with Crippen molar-refractivity contribution in [2.24, 2.45) is 0 Å². The van der Waals surface area contributed by atoms with Crippen molar-refractivity contribution in [2.75, 3.05) is 26.0 Å². The van der Waals surface area contributed by atoms with Gasteiger partial charge in [-0.2, -0.15) is 0 Å². The average Bonchev–Trinajstić information content (AvgIpc) is 2.92. The van der Waals surface area contributed by atoms with Crippen molar-refractivity contribution in [3.8, 4) is 5.75 Å². The molecule has 0 aliphatic carbocycles. The molecule has 0 radical (unpaired) electrons.